The molecule has 0 saturated carbocycles. The summed E-state index contributed by atoms with van der Waals surface area (Å²) in [5.41, 5.74) is 10.1. The maximum atomic E-state index is 12.8. The van der Waals surface area contributed by atoms with Gasteiger partial charge in [-0.15, -0.1) is 11.3 Å². The predicted octanol–water partition coefficient (Wildman–Crippen LogP) is 4.86. The molecule has 1 aliphatic heterocycles. The first-order valence-electron chi connectivity index (χ1n) is 10.2. The standard InChI is InChI=1S/C24H27N3O2S/c1-29-16-20-4-2-12-27(20)15-17-6-8-18(9-7-17)24(28)26-22-14-19(10-11-21(22)25)23-5-3-13-30-23/h3,5-11,13-14,20H,2,4,12,15-16,25H2,1H3,(H,26,28)/t20-/m0/s1. The van der Waals surface area contributed by atoms with Crippen LogP contribution in [-0.2, 0) is 11.3 Å². The Morgan fingerprint density at radius 2 is 2.07 bits per heavy atom. The molecule has 1 amide bonds. The zero-order valence-corrected chi connectivity index (χ0v) is 18.0. The lowest BCUT2D eigenvalue weighted by Crippen LogP contribution is -2.32. The van der Waals surface area contributed by atoms with E-state index in [0.717, 1.165) is 30.1 Å². The number of rotatable bonds is 7. The second-order valence-corrected chi connectivity index (χ2v) is 8.60. The van der Waals surface area contributed by atoms with E-state index < -0.39 is 0 Å². The van der Waals surface area contributed by atoms with E-state index in [-0.39, 0.29) is 5.91 Å². The van der Waals surface area contributed by atoms with Gasteiger partial charge < -0.3 is 15.8 Å². The summed E-state index contributed by atoms with van der Waals surface area (Å²) in [5.74, 6) is -0.157. The number of nitrogen functional groups attached to an aromatic ring is 1. The molecule has 30 heavy (non-hydrogen) atoms. The molecule has 0 aliphatic carbocycles. The van der Waals surface area contributed by atoms with Crippen LogP contribution in [0.4, 0.5) is 11.4 Å². The van der Waals surface area contributed by atoms with Crippen molar-refractivity contribution in [2.45, 2.75) is 25.4 Å². The summed E-state index contributed by atoms with van der Waals surface area (Å²) in [6, 6.07) is 18.1. The molecule has 6 heteroatoms. The summed E-state index contributed by atoms with van der Waals surface area (Å²) in [6.45, 7) is 2.74. The van der Waals surface area contributed by atoms with Crippen LogP contribution in [0.1, 0.15) is 28.8 Å². The molecule has 0 bridgehead atoms. The molecule has 0 unspecified atom stereocenters. The summed E-state index contributed by atoms with van der Waals surface area (Å²) in [7, 11) is 1.76. The van der Waals surface area contributed by atoms with Gasteiger partial charge in [-0.3, -0.25) is 9.69 Å². The topological polar surface area (TPSA) is 67.6 Å². The second-order valence-electron chi connectivity index (χ2n) is 7.65. The summed E-state index contributed by atoms with van der Waals surface area (Å²) >= 11 is 1.66. The minimum atomic E-state index is -0.157. The first-order valence-corrected chi connectivity index (χ1v) is 11.1. The van der Waals surface area contributed by atoms with Crippen LogP contribution in [-0.4, -0.2) is 37.1 Å². The van der Waals surface area contributed by atoms with Gasteiger partial charge in [-0.05, 0) is 66.2 Å². The molecule has 5 nitrogen and oxygen atoms in total. The predicted molar refractivity (Wildman–Crippen MR) is 124 cm³/mol. The van der Waals surface area contributed by atoms with Gasteiger partial charge in [-0.1, -0.05) is 24.3 Å². The van der Waals surface area contributed by atoms with Crippen molar-refractivity contribution in [2.75, 3.05) is 31.3 Å². The van der Waals surface area contributed by atoms with Gasteiger partial charge in [0.2, 0.25) is 0 Å². The molecular weight excluding hydrogens is 394 g/mol. The van der Waals surface area contributed by atoms with Crippen LogP contribution in [0.3, 0.4) is 0 Å². The Balaban J connectivity index is 1.42. The number of benzene rings is 2. The fraction of sp³-hybridized carbons (Fsp3) is 0.292. The van der Waals surface area contributed by atoms with Gasteiger partial charge in [0.1, 0.15) is 0 Å². The van der Waals surface area contributed by atoms with Gasteiger partial charge in [0.15, 0.2) is 0 Å². The van der Waals surface area contributed by atoms with Crippen molar-refractivity contribution in [3.63, 3.8) is 0 Å². The Hall–Kier alpha value is -2.67. The van der Waals surface area contributed by atoms with Crippen molar-refractivity contribution in [1.29, 1.82) is 0 Å². The first kappa shape index (κ1) is 20.6. The highest BCUT2D eigenvalue weighted by Crippen LogP contribution is 2.30. The number of ether oxygens (including phenoxy) is 1. The second kappa shape index (κ2) is 9.43. The number of anilines is 2. The number of thiophene rings is 1. The maximum Gasteiger partial charge on any atom is 0.255 e. The minimum absolute atomic E-state index is 0.157. The first-order chi connectivity index (χ1) is 14.6. The Morgan fingerprint density at radius 1 is 1.23 bits per heavy atom. The van der Waals surface area contributed by atoms with Crippen LogP contribution in [0.25, 0.3) is 10.4 Å². The smallest absolute Gasteiger partial charge is 0.255 e. The van der Waals surface area contributed by atoms with Crippen LogP contribution in [0.2, 0.25) is 0 Å². The van der Waals surface area contributed by atoms with Gasteiger partial charge in [0.05, 0.1) is 18.0 Å². The molecule has 0 spiro atoms. The van der Waals surface area contributed by atoms with E-state index in [9.17, 15) is 4.79 Å². The van der Waals surface area contributed by atoms with E-state index in [2.05, 4.69) is 16.3 Å². The third kappa shape index (κ3) is 4.73. The Labute approximate surface area is 181 Å². The van der Waals surface area contributed by atoms with Gasteiger partial charge in [0, 0.05) is 30.1 Å². The summed E-state index contributed by atoms with van der Waals surface area (Å²) in [6.07, 6.45) is 2.39. The van der Waals surface area contributed by atoms with E-state index in [1.807, 2.05) is 53.9 Å². The molecule has 2 aromatic carbocycles. The van der Waals surface area contributed by atoms with Crippen LogP contribution >= 0.6 is 11.3 Å². The number of amides is 1. The molecule has 156 valence electrons. The number of nitrogens with zero attached hydrogens (tertiary/aromatic N) is 1. The SMILES string of the molecule is COC[C@@H]1CCCN1Cc1ccc(C(=O)Nc2cc(-c3cccs3)ccc2N)cc1. The van der Waals surface area contributed by atoms with Crippen molar-refractivity contribution >= 4 is 28.6 Å². The number of methoxy groups -OCH3 is 1. The van der Waals surface area contributed by atoms with E-state index in [4.69, 9.17) is 10.5 Å². The molecule has 4 rings (SSSR count). The van der Waals surface area contributed by atoms with Crippen molar-refractivity contribution in [2.24, 2.45) is 0 Å². The number of hydrogen-bond donors (Lipinski definition) is 2. The molecular formula is C24H27N3O2S. The molecule has 3 N–H and O–H groups in total. The van der Waals surface area contributed by atoms with Gasteiger partial charge in [-0.2, -0.15) is 0 Å². The molecule has 1 atom stereocenters. The van der Waals surface area contributed by atoms with Crippen LogP contribution < -0.4 is 11.1 Å². The van der Waals surface area contributed by atoms with Gasteiger partial charge in [0.25, 0.3) is 5.91 Å². The minimum Gasteiger partial charge on any atom is -0.397 e. The lowest BCUT2D eigenvalue weighted by Gasteiger charge is -2.23. The lowest BCUT2D eigenvalue weighted by molar-refractivity contribution is 0.102. The summed E-state index contributed by atoms with van der Waals surface area (Å²) in [4.78, 5) is 16.4. The number of likely N-dealkylation sites (tertiary alicyclic amines) is 1. The monoisotopic (exact) mass is 421 g/mol. The molecule has 1 fully saturated rings. The number of nitrogens with two attached hydrogens (primary N) is 1. The van der Waals surface area contributed by atoms with Gasteiger partial charge >= 0.3 is 0 Å². The molecule has 3 aromatic rings. The van der Waals surface area contributed by atoms with E-state index in [1.165, 1.54) is 18.4 Å². The highest BCUT2D eigenvalue weighted by molar-refractivity contribution is 7.13. The highest BCUT2D eigenvalue weighted by Gasteiger charge is 2.24. The van der Waals surface area contributed by atoms with Crippen LogP contribution in [0, 0.1) is 0 Å². The van der Waals surface area contributed by atoms with Gasteiger partial charge in [-0.25, -0.2) is 0 Å². The van der Waals surface area contributed by atoms with E-state index in [1.54, 1.807) is 18.4 Å². The number of carbonyl (C=O) groups excluding carboxylic acids is 1. The van der Waals surface area contributed by atoms with E-state index >= 15 is 0 Å². The fourth-order valence-electron chi connectivity index (χ4n) is 3.94. The fourth-order valence-corrected chi connectivity index (χ4v) is 4.66. The number of hydrogen-bond acceptors (Lipinski definition) is 5. The zero-order valence-electron chi connectivity index (χ0n) is 17.1. The maximum absolute atomic E-state index is 12.8. The molecule has 1 aromatic heterocycles. The third-order valence-corrected chi connectivity index (χ3v) is 6.49. The average molecular weight is 422 g/mol. The molecule has 0 radical (unpaired) electrons. The lowest BCUT2D eigenvalue weighted by atomic mass is 10.1. The average Bonchev–Trinajstić information content (AvgIpc) is 3.43. The molecule has 1 aliphatic rings. The number of carbonyl (C=O) groups is 1. The van der Waals surface area contributed by atoms with Crippen molar-refractivity contribution in [3.8, 4) is 10.4 Å². The van der Waals surface area contributed by atoms with Crippen molar-refractivity contribution in [3.05, 3.63) is 71.1 Å². The Morgan fingerprint density at radius 3 is 2.80 bits per heavy atom. The summed E-state index contributed by atoms with van der Waals surface area (Å²) in [5, 5.41) is 4.99. The Bertz CT molecular complexity index is 986. The largest absolute Gasteiger partial charge is 0.397 e. The Kier molecular flexibility index (Phi) is 6.47. The summed E-state index contributed by atoms with van der Waals surface area (Å²) < 4.78 is 5.34. The molecule has 1 saturated heterocycles. The third-order valence-electron chi connectivity index (χ3n) is 5.57. The number of nitrogens with one attached hydrogen (secondary N) is 1. The van der Waals surface area contributed by atoms with E-state index in [0.29, 0.717) is 23.0 Å². The highest BCUT2D eigenvalue weighted by atomic mass is 32.1. The molecule has 2 heterocycles. The quantitative estimate of drug-likeness (QED) is 0.535. The van der Waals surface area contributed by atoms with Crippen LogP contribution in [0.5, 0.6) is 0 Å². The normalized spacial score (nSPS) is 16.6. The van der Waals surface area contributed by atoms with Crippen molar-refractivity contribution < 1.29 is 9.53 Å². The van der Waals surface area contributed by atoms with Crippen LogP contribution in [0.15, 0.2) is 60.0 Å². The zero-order chi connectivity index (χ0) is 20.9. The van der Waals surface area contributed by atoms with Crippen molar-refractivity contribution in [1.82, 2.24) is 4.90 Å².